The van der Waals surface area contributed by atoms with Gasteiger partial charge in [-0.2, -0.15) is 0 Å². The van der Waals surface area contributed by atoms with E-state index in [4.69, 9.17) is 9.47 Å². The number of hydrogen-bond acceptors (Lipinski definition) is 4. The number of carbonyl (C=O) groups is 2. The van der Waals surface area contributed by atoms with Gasteiger partial charge < -0.3 is 19.4 Å². The van der Waals surface area contributed by atoms with Crippen molar-refractivity contribution in [3.8, 4) is 5.75 Å². The minimum atomic E-state index is -0.428. The van der Waals surface area contributed by atoms with Gasteiger partial charge in [-0.05, 0) is 31.0 Å². The molecule has 0 bridgehead atoms. The standard InChI is InChI=1S/C24H25N3O4/c1-2-30-20-10-6-4-8-18(20)23-22-17(16-7-3-5-9-19(16)25-22)11-12-27(23)21(28)15-26-13-14-31-24(26)29/h3-10,23,25H,2,11-15H2,1H3/t23-/m1/s1. The number of ether oxygens (including phenoxy) is 2. The maximum atomic E-state index is 13.4. The van der Waals surface area contributed by atoms with E-state index in [1.54, 1.807) is 0 Å². The minimum Gasteiger partial charge on any atom is -0.494 e. The van der Waals surface area contributed by atoms with Gasteiger partial charge in [0.2, 0.25) is 5.91 Å². The summed E-state index contributed by atoms with van der Waals surface area (Å²) >= 11 is 0. The summed E-state index contributed by atoms with van der Waals surface area (Å²) in [5.41, 5.74) is 4.24. The Labute approximate surface area is 180 Å². The van der Waals surface area contributed by atoms with E-state index in [1.807, 2.05) is 48.2 Å². The number of para-hydroxylation sites is 2. The monoisotopic (exact) mass is 419 g/mol. The highest BCUT2D eigenvalue weighted by Gasteiger charge is 2.37. The number of hydrogen-bond donors (Lipinski definition) is 1. The van der Waals surface area contributed by atoms with Gasteiger partial charge in [-0.3, -0.25) is 9.69 Å². The summed E-state index contributed by atoms with van der Waals surface area (Å²) in [7, 11) is 0. The number of cyclic esters (lactones) is 1. The Morgan fingerprint density at radius 1 is 1.16 bits per heavy atom. The molecule has 1 saturated heterocycles. The molecule has 31 heavy (non-hydrogen) atoms. The highest BCUT2D eigenvalue weighted by atomic mass is 16.6. The molecule has 0 unspecified atom stereocenters. The van der Waals surface area contributed by atoms with Crippen LogP contribution in [0.25, 0.3) is 10.9 Å². The molecule has 3 aromatic rings. The van der Waals surface area contributed by atoms with Gasteiger partial charge in [0.05, 0.1) is 13.2 Å². The largest absolute Gasteiger partial charge is 0.494 e. The average molecular weight is 419 g/mol. The lowest BCUT2D eigenvalue weighted by Gasteiger charge is -2.37. The number of aromatic nitrogens is 1. The fourth-order valence-corrected chi connectivity index (χ4v) is 4.65. The predicted molar refractivity (Wildman–Crippen MR) is 116 cm³/mol. The minimum absolute atomic E-state index is 0.0156. The van der Waals surface area contributed by atoms with Gasteiger partial charge in [0.25, 0.3) is 0 Å². The van der Waals surface area contributed by atoms with E-state index in [0.29, 0.717) is 26.3 Å². The maximum Gasteiger partial charge on any atom is 0.410 e. The van der Waals surface area contributed by atoms with Crippen molar-refractivity contribution in [2.45, 2.75) is 19.4 Å². The summed E-state index contributed by atoms with van der Waals surface area (Å²) in [6.07, 6.45) is 0.325. The van der Waals surface area contributed by atoms with Crippen LogP contribution in [-0.4, -0.2) is 59.6 Å². The van der Waals surface area contributed by atoms with Crippen LogP contribution in [0.15, 0.2) is 48.5 Å². The summed E-state index contributed by atoms with van der Waals surface area (Å²) in [5.74, 6) is 0.666. The topological polar surface area (TPSA) is 74.9 Å². The molecule has 0 radical (unpaired) electrons. The highest BCUT2D eigenvalue weighted by molar-refractivity contribution is 5.88. The number of H-pyrrole nitrogens is 1. The zero-order valence-corrected chi connectivity index (χ0v) is 17.5. The normalized spacial score (nSPS) is 18.2. The van der Waals surface area contributed by atoms with Crippen molar-refractivity contribution in [1.82, 2.24) is 14.8 Å². The zero-order valence-electron chi connectivity index (χ0n) is 17.5. The molecule has 160 valence electrons. The molecule has 1 aromatic heterocycles. The van der Waals surface area contributed by atoms with Gasteiger partial charge in [0.15, 0.2) is 0 Å². The molecule has 1 fully saturated rings. The Bertz CT molecular complexity index is 1140. The van der Waals surface area contributed by atoms with Gasteiger partial charge >= 0.3 is 6.09 Å². The van der Waals surface area contributed by atoms with E-state index in [1.165, 1.54) is 15.8 Å². The second-order valence-electron chi connectivity index (χ2n) is 7.81. The molecule has 2 aromatic carbocycles. The Balaban J connectivity index is 1.59. The second-order valence-corrected chi connectivity index (χ2v) is 7.81. The molecule has 7 nitrogen and oxygen atoms in total. The van der Waals surface area contributed by atoms with Gasteiger partial charge in [0.1, 0.15) is 24.9 Å². The lowest BCUT2D eigenvalue weighted by atomic mass is 9.91. The SMILES string of the molecule is CCOc1ccccc1[C@@H]1c2[nH]c3ccccc3c2CCN1C(=O)CN1CCOC1=O. The van der Waals surface area contributed by atoms with Gasteiger partial charge in [-0.1, -0.05) is 36.4 Å². The Morgan fingerprint density at radius 2 is 1.97 bits per heavy atom. The first-order chi connectivity index (χ1) is 15.2. The summed E-state index contributed by atoms with van der Waals surface area (Å²) in [4.78, 5) is 32.2. The van der Waals surface area contributed by atoms with Crippen LogP contribution in [0, 0.1) is 0 Å². The number of fused-ring (bicyclic) bond motifs is 3. The fourth-order valence-electron chi connectivity index (χ4n) is 4.65. The van der Waals surface area contributed by atoms with Crippen molar-refractivity contribution in [2.24, 2.45) is 0 Å². The van der Waals surface area contributed by atoms with Gasteiger partial charge in [-0.15, -0.1) is 0 Å². The lowest BCUT2D eigenvalue weighted by Crippen LogP contribution is -2.46. The quantitative estimate of drug-likeness (QED) is 0.687. The summed E-state index contributed by atoms with van der Waals surface area (Å²) in [6.45, 7) is 3.85. The molecule has 0 aliphatic carbocycles. The first-order valence-corrected chi connectivity index (χ1v) is 10.7. The number of carbonyl (C=O) groups excluding carboxylic acids is 2. The van der Waals surface area contributed by atoms with Crippen LogP contribution in [0.4, 0.5) is 4.79 Å². The van der Waals surface area contributed by atoms with Gasteiger partial charge in [0, 0.05) is 28.7 Å². The van der Waals surface area contributed by atoms with Crippen LogP contribution in [0.3, 0.4) is 0 Å². The van der Waals surface area contributed by atoms with Crippen LogP contribution >= 0.6 is 0 Å². The third-order valence-electron chi connectivity index (χ3n) is 6.04. The third kappa shape index (κ3) is 3.40. The van der Waals surface area contributed by atoms with Gasteiger partial charge in [-0.25, -0.2) is 4.79 Å². The van der Waals surface area contributed by atoms with Crippen LogP contribution < -0.4 is 4.74 Å². The van der Waals surface area contributed by atoms with Crippen molar-refractivity contribution in [1.29, 1.82) is 0 Å². The molecule has 1 N–H and O–H groups in total. The Morgan fingerprint density at radius 3 is 2.77 bits per heavy atom. The third-order valence-corrected chi connectivity index (χ3v) is 6.04. The molecule has 2 aliphatic heterocycles. The molecular weight excluding hydrogens is 394 g/mol. The first-order valence-electron chi connectivity index (χ1n) is 10.7. The van der Waals surface area contributed by atoms with Crippen LogP contribution in [0.1, 0.15) is 29.8 Å². The smallest absolute Gasteiger partial charge is 0.410 e. The van der Waals surface area contributed by atoms with E-state index >= 15 is 0 Å². The molecule has 2 aliphatic rings. The van der Waals surface area contributed by atoms with Crippen molar-refractivity contribution < 1.29 is 19.1 Å². The Kier molecular flexibility index (Phi) is 5.02. The number of nitrogens with zero attached hydrogens (tertiary/aromatic N) is 2. The molecule has 5 rings (SSSR count). The molecular formula is C24H25N3O4. The predicted octanol–water partition coefficient (Wildman–Crippen LogP) is 3.49. The lowest BCUT2D eigenvalue weighted by molar-refractivity contribution is -0.133. The molecule has 0 spiro atoms. The highest BCUT2D eigenvalue weighted by Crippen LogP contribution is 2.41. The van der Waals surface area contributed by atoms with E-state index in [2.05, 4.69) is 17.1 Å². The van der Waals surface area contributed by atoms with Crippen LogP contribution in [-0.2, 0) is 16.0 Å². The fraction of sp³-hybridized carbons (Fsp3) is 0.333. The summed E-state index contributed by atoms with van der Waals surface area (Å²) in [6, 6.07) is 15.8. The van der Waals surface area contributed by atoms with Crippen molar-refractivity contribution >= 4 is 22.9 Å². The molecule has 2 amide bonds. The molecule has 7 heteroatoms. The van der Waals surface area contributed by atoms with Crippen molar-refractivity contribution in [3.05, 3.63) is 65.4 Å². The van der Waals surface area contributed by atoms with Crippen molar-refractivity contribution in [3.63, 3.8) is 0 Å². The zero-order chi connectivity index (χ0) is 21.4. The van der Waals surface area contributed by atoms with E-state index < -0.39 is 6.09 Å². The number of benzene rings is 2. The summed E-state index contributed by atoms with van der Waals surface area (Å²) in [5, 5.41) is 1.19. The first kappa shape index (κ1) is 19.5. The Hall–Kier alpha value is -3.48. The number of nitrogens with one attached hydrogen (secondary N) is 1. The average Bonchev–Trinajstić information content (AvgIpc) is 3.37. The molecule has 1 atom stereocenters. The van der Waals surface area contributed by atoms with E-state index in [9.17, 15) is 9.59 Å². The van der Waals surface area contributed by atoms with E-state index in [0.717, 1.165) is 28.9 Å². The van der Waals surface area contributed by atoms with Crippen LogP contribution in [0.2, 0.25) is 0 Å². The number of rotatable bonds is 5. The molecule has 0 saturated carbocycles. The van der Waals surface area contributed by atoms with E-state index in [-0.39, 0.29) is 18.5 Å². The second kappa shape index (κ2) is 7.98. The summed E-state index contributed by atoms with van der Waals surface area (Å²) < 4.78 is 10.9. The number of amides is 2. The maximum absolute atomic E-state index is 13.4. The number of aromatic amines is 1. The molecule has 3 heterocycles. The van der Waals surface area contributed by atoms with Crippen LogP contribution in [0.5, 0.6) is 5.75 Å². The van der Waals surface area contributed by atoms with Crippen molar-refractivity contribution in [2.75, 3.05) is 32.8 Å².